The fourth-order valence-electron chi connectivity index (χ4n) is 3.35. The number of amides is 2. The smallest absolute Gasteiger partial charge is 0.353 e. The minimum Gasteiger partial charge on any atom is -0.477 e. The van der Waals surface area contributed by atoms with Crippen LogP contribution in [0.1, 0.15) is 15.2 Å². The first-order chi connectivity index (χ1) is 14.0. The van der Waals surface area contributed by atoms with Gasteiger partial charge in [0, 0.05) is 21.8 Å². The van der Waals surface area contributed by atoms with Crippen LogP contribution in [0.25, 0.3) is 0 Å². The van der Waals surface area contributed by atoms with Gasteiger partial charge in [0.1, 0.15) is 17.1 Å². The zero-order chi connectivity index (χ0) is 20.5. The van der Waals surface area contributed by atoms with Crippen molar-refractivity contribution in [2.75, 3.05) is 5.75 Å². The molecular formula is C20H16N2O5S2. The van der Waals surface area contributed by atoms with Crippen LogP contribution in [-0.2, 0) is 20.8 Å². The second kappa shape index (κ2) is 7.84. The summed E-state index contributed by atoms with van der Waals surface area (Å²) in [7, 11) is 0. The largest absolute Gasteiger partial charge is 0.477 e. The Morgan fingerprint density at radius 3 is 2.55 bits per heavy atom. The molecule has 1 aromatic heterocycles. The fourth-order valence-corrected chi connectivity index (χ4v) is 5.40. The second-order valence-electron chi connectivity index (χ2n) is 6.54. The lowest BCUT2D eigenvalue weighted by Gasteiger charge is -2.49. The quantitative estimate of drug-likeness (QED) is 0.538. The number of rotatable bonds is 6. The Kier molecular flexibility index (Phi) is 5.25. The minimum absolute atomic E-state index is 0.0849. The Balaban J connectivity index is 1.54. The van der Waals surface area contributed by atoms with Gasteiger partial charge >= 0.3 is 5.97 Å². The third kappa shape index (κ3) is 3.58. The first-order valence-corrected chi connectivity index (χ1v) is 10.7. The molecule has 2 aromatic rings. The maximum absolute atomic E-state index is 12.8. The van der Waals surface area contributed by atoms with E-state index in [1.807, 2.05) is 17.5 Å². The molecular weight excluding hydrogens is 412 g/mol. The summed E-state index contributed by atoms with van der Waals surface area (Å²) in [5.74, 6) is -2.39. The summed E-state index contributed by atoms with van der Waals surface area (Å²) in [6.07, 6.45) is 0.165. The van der Waals surface area contributed by atoms with E-state index in [2.05, 4.69) is 5.32 Å². The molecule has 148 valence electrons. The van der Waals surface area contributed by atoms with Gasteiger partial charge in [-0.05, 0) is 11.4 Å². The standard InChI is InChI=1S/C20H16N2O5S2/c23-14(9-12-7-4-8-28-12)21-15-18(25)22-16(20(26)27)13(10-29-19(15)22)17(24)11-5-2-1-3-6-11/h1-8,15,19H,9-10H2,(H,21,23)(H,26,27)/t15?,19-/m0/s1. The molecule has 3 heterocycles. The monoisotopic (exact) mass is 428 g/mol. The summed E-state index contributed by atoms with van der Waals surface area (Å²) in [4.78, 5) is 51.5. The number of nitrogens with zero attached hydrogens (tertiary/aromatic N) is 1. The summed E-state index contributed by atoms with van der Waals surface area (Å²) in [6, 6.07) is 11.2. The third-order valence-corrected chi connectivity index (χ3v) is 6.87. The first kappa shape index (κ1) is 19.4. The second-order valence-corrected chi connectivity index (χ2v) is 8.68. The maximum atomic E-state index is 12.8. The van der Waals surface area contributed by atoms with Crippen molar-refractivity contribution in [3.05, 3.63) is 69.6 Å². The lowest BCUT2D eigenvalue weighted by Crippen LogP contribution is -2.70. The van der Waals surface area contributed by atoms with Crippen LogP contribution in [0.15, 0.2) is 59.1 Å². The van der Waals surface area contributed by atoms with Crippen molar-refractivity contribution in [3.63, 3.8) is 0 Å². The molecule has 4 rings (SSSR count). The Morgan fingerprint density at radius 1 is 1.14 bits per heavy atom. The van der Waals surface area contributed by atoms with Crippen LogP contribution in [0.4, 0.5) is 0 Å². The first-order valence-electron chi connectivity index (χ1n) is 8.80. The average Bonchev–Trinajstić information content (AvgIpc) is 3.23. The lowest BCUT2D eigenvalue weighted by molar-refractivity contribution is -0.150. The Morgan fingerprint density at radius 2 is 1.90 bits per heavy atom. The highest BCUT2D eigenvalue weighted by molar-refractivity contribution is 8.00. The molecule has 2 amide bonds. The molecule has 2 aliphatic rings. The van der Waals surface area contributed by atoms with Crippen molar-refractivity contribution >= 4 is 46.7 Å². The number of fused-ring (bicyclic) bond motifs is 1. The zero-order valence-corrected chi connectivity index (χ0v) is 16.7. The van der Waals surface area contributed by atoms with Gasteiger partial charge in [-0.25, -0.2) is 4.79 Å². The number of carbonyl (C=O) groups is 4. The number of thioether (sulfide) groups is 1. The van der Waals surface area contributed by atoms with Gasteiger partial charge in [-0.3, -0.25) is 19.3 Å². The van der Waals surface area contributed by atoms with Crippen molar-refractivity contribution in [3.8, 4) is 0 Å². The number of β-lactam (4-membered cyclic amide) rings is 1. The van der Waals surface area contributed by atoms with Gasteiger partial charge in [-0.2, -0.15) is 0 Å². The number of aliphatic carboxylic acids is 1. The number of ketones is 1. The Labute approximate surface area is 174 Å². The van der Waals surface area contributed by atoms with Gasteiger partial charge in [0.15, 0.2) is 5.78 Å². The van der Waals surface area contributed by atoms with Crippen LogP contribution in [0.3, 0.4) is 0 Å². The van der Waals surface area contributed by atoms with E-state index in [-0.39, 0.29) is 29.4 Å². The number of carboxylic acid groups (broad SMARTS) is 1. The van der Waals surface area contributed by atoms with Gasteiger partial charge < -0.3 is 10.4 Å². The van der Waals surface area contributed by atoms with Gasteiger partial charge in [-0.15, -0.1) is 23.1 Å². The average molecular weight is 428 g/mol. The molecule has 1 fully saturated rings. The van der Waals surface area contributed by atoms with Crippen molar-refractivity contribution in [1.82, 2.24) is 10.2 Å². The zero-order valence-electron chi connectivity index (χ0n) is 15.0. The maximum Gasteiger partial charge on any atom is 0.353 e. The van der Waals surface area contributed by atoms with Crippen LogP contribution in [-0.4, -0.2) is 50.7 Å². The highest BCUT2D eigenvalue weighted by Crippen LogP contribution is 2.41. The molecule has 0 saturated carbocycles. The topological polar surface area (TPSA) is 104 Å². The highest BCUT2D eigenvalue weighted by atomic mass is 32.2. The number of thiophene rings is 1. The predicted molar refractivity (Wildman–Crippen MR) is 108 cm³/mol. The fraction of sp³-hybridized carbons (Fsp3) is 0.200. The molecule has 2 atom stereocenters. The normalized spacial score (nSPS) is 20.7. The van der Waals surface area contributed by atoms with Gasteiger partial charge in [0.25, 0.3) is 5.91 Å². The van der Waals surface area contributed by atoms with E-state index < -0.39 is 29.1 Å². The van der Waals surface area contributed by atoms with E-state index in [1.165, 1.54) is 23.1 Å². The van der Waals surface area contributed by atoms with Crippen molar-refractivity contribution < 1.29 is 24.3 Å². The van der Waals surface area contributed by atoms with Crippen LogP contribution < -0.4 is 5.32 Å². The van der Waals surface area contributed by atoms with Crippen molar-refractivity contribution in [2.24, 2.45) is 0 Å². The summed E-state index contributed by atoms with van der Waals surface area (Å²) >= 11 is 2.73. The number of nitrogens with one attached hydrogen (secondary N) is 1. The summed E-state index contributed by atoms with van der Waals surface area (Å²) < 4.78 is 0. The van der Waals surface area contributed by atoms with Crippen molar-refractivity contribution in [2.45, 2.75) is 17.8 Å². The van der Waals surface area contributed by atoms with Gasteiger partial charge in [0.2, 0.25) is 5.91 Å². The number of carbonyl (C=O) groups excluding carboxylic acids is 3. The van der Waals surface area contributed by atoms with E-state index in [4.69, 9.17) is 0 Å². The molecule has 7 nitrogen and oxygen atoms in total. The van der Waals surface area contributed by atoms with Crippen LogP contribution >= 0.6 is 23.1 Å². The van der Waals surface area contributed by atoms with Crippen LogP contribution in [0, 0.1) is 0 Å². The van der Waals surface area contributed by atoms with E-state index in [1.54, 1.807) is 30.3 Å². The third-order valence-electron chi connectivity index (χ3n) is 4.71. The number of Topliss-reactive ketones (excluding diaryl/α,β-unsaturated/α-hetero) is 1. The van der Waals surface area contributed by atoms with E-state index in [0.717, 1.165) is 9.78 Å². The predicted octanol–water partition coefficient (Wildman–Crippen LogP) is 1.91. The molecule has 2 aliphatic heterocycles. The van der Waals surface area contributed by atoms with Gasteiger partial charge in [-0.1, -0.05) is 36.4 Å². The summed E-state index contributed by atoms with van der Waals surface area (Å²) in [6.45, 7) is 0. The molecule has 0 radical (unpaired) electrons. The van der Waals surface area contributed by atoms with E-state index in [0.29, 0.717) is 5.56 Å². The number of benzene rings is 1. The Hall–Kier alpha value is -2.91. The summed E-state index contributed by atoms with van der Waals surface area (Å²) in [5, 5.41) is 13.7. The van der Waals surface area contributed by atoms with Crippen LogP contribution in [0.2, 0.25) is 0 Å². The lowest BCUT2D eigenvalue weighted by atomic mass is 9.98. The molecule has 0 bridgehead atoms. The van der Waals surface area contributed by atoms with Crippen molar-refractivity contribution in [1.29, 1.82) is 0 Å². The summed E-state index contributed by atoms with van der Waals surface area (Å²) in [5.41, 5.74) is 0.159. The molecule has 1 saturated heterocycles. The molecule has 0 aliphatic carbocycles. The molecule has 1 aromatic carbocycles. The molecule has 9 heteroatoms. The molecule has 0 spiro atoms. The van der Waals surface area contributed by atoms with Crippen LogP contribution in [0.5, 0.6) is 0 Å². The Bertz CT molecular complexity index is 1020. The molecule has 29 heavy (non-hydrogen) atoms. The number of hydrogen-bond donors (Lipinski definition) is 2. The highest BCUT2D eigenvalue weighted by Gasteiger charge is 2.54. The minimum atomic E-state index is -1.33. The SMILES string of the molecule is O=C(Cc1cccs1)NC1C(=O)N2C(C(=O)O)=C(C(=O)c3ccccc3)CS[C@@H]12. The number of hydrogen-bond acceptors (Lipinski definition) is 6. The molecule has 2 N–H and O–H groups in total. The number of carboxylic acids is 1. The van der Waals surface area contributed by atoms with Gasteiger partial charge in [0.05, 0.1) is 6.42 Å². The van der Waals surface area contributed by atoms with E-state index >= 15 is 0 Å². The molecule has 1 unspecified atom stereocenters. The van der Waals surface area contributed by atoms with E-state index in [9.17, 15) is 24.3 Å².